The third kappa shape index (κ3) is 1.70. The molecule has 0 saturated carbocycles. The standard InChI is InChI=1S/C12H16N2O/c1-3-15-10-4-5-11-9(7-13)8-14(2)12(11)6-10/h4-6,8H,3,7,13H2,1-2H3. The Kier molecular flexibility index (Phi) is 2.64. The molecule has 0 aliphatic carbocycles. The van der Waals surface area contributed by atoms with Crippen molar-refractivity contribution >= 4 is 10.9 Å². The zero-order chi connectivity index (χ0) is 10.8. The minimum atomic E-state index is 0.575. The molecule has 15 heavy (non-hydrogen) atoms. The fraction of sp³-hybridized carbons (Fsp3) is 0.333. The second kappa shape index (κ2) is 3.95. The first kappa shape index (κ1) is 10.1. The maximum atomic E-state index is 5.68. The van der Waals surface area contributed by atoms with Crippen LogP contribution in [0.25, 0.3) is 10.9 Å². The highest BCUT2D eigenvalue weighted by Crippen LogP contribution is 2.24. The highest BCUT2D eigenvalue weighted by molar-refractivity contribution is 5.85. The van der Waals surface area contributed by atoms with Crippen LogP contribution in [0.15, 0.2) is 24.4 Å². The fourth-order valence-corrected chi connectivity index (χ4v) is 1.87. The molecule has 0 aliphatic rings. The first-order valence-electron chi connectivity index (χ1n) is 5.17. The second-order valence-electron chi connectivity index (χ2n) is 3.58. The van der Waals surface area contributed by atoms with Gasteiger partial charge in [0.05, 0.1) is 12.1 Å². The minimum absolute atomic E-state index is 0.575. The smallest absolute Gasteiger partial charge is 0.121 e. The third-order valence-corrected chi connectivity index (χ3v) is 2.58. The summed E-state index contributed by atoms with van der Waals surface area (Å²) < 4.78 is 7.55. The van der Waals surface area contributed by atoms with Crippen LogP contribution in [-0.4, -0.2) is 11.2 Å². The average Bonchev–Trinajstić information content (AvgIpc) is 2.56. The zero-order valence-corrected chi connectivity index (χ0v) is 9.16. The van der Waals surface area contributed by atoms with Gasteiger partial charge in [0.1, 0.15) is 5.75 Å². The molecule has 1 aromatic carbocycles. The normalized spacial score (nSPS) is 10.9. The van der Waals surface area contributed by atoms with E-state index in [0.717, 1.165) is 5.75 Å². The third-order valence-electron chi connectivity index (χ3n) is 2.58. The minimum Gasteiger partial charge on any atom is -0.494 e. The van der Waals surface area contributed by atoms with E-state index < -0.39 is 0 Å². The molecule has 2 aromatic rings. The number of hydrogen-bond donors (Lipinski definition) is 1. The molecule has 1 aromatic heterocycles. The van der Waals surface area contributed by atoms with Gasteiger partial charge in [0, 0.05) is 31.2 Å². The molecular weight excluding hydrogens is 188 g/mol. The van der Waals surface area contributed by atoms with E-state index in [0.29, 0.717) is 13.2 Å². The van der Waals surface area contributed by atoms with Crippen LogP contribution in [0, 0.1) is 0 Å². The lowest BCUT2D eigenvalue weighted by molar-refractivity contribution is 0.340. The Morgan fingerprint density at radius 1 is 1.40 bits per heavy atom. The Morgan fingerprint density at radius 3 is 2.87 bits per heavy atom. The first-order valence-corrected chi connectivity index (χ1v) is 5.17. The van der Waals surface area contributed by atoms with Gasteiger partial charge in [0.25, 0.3) is 0 Å². The van der Waals surface area contributed by atoms with Crippen molar-refractivity contribution in [3.05, 3.63) is 30.0 Å². The van der Waals surface area contributed by atoms with Crippen molar-refractivity contribution in [2.45, 2.75) is 13.5 Å². The summed E-state index contributed by atoms with van der Waals surface area (Å²) in [4.78, 5) is 0. The lowest BCUT2D eigenvalue weighted by atomic mass is 10.2. The summed E-state index contributed by atoms with van der Waals surface area (Å²) in [5.74, 6) is 0.912. The highest BCUT2D eigenvalue weighted by Gasteiger charge is 2.05. The van der Waals surface area contributed by atoms with Crippen LogP contribution in [-0.2, 0) is 13.6 Å². The molecule has 80 valence electrons. The van der Waals surface area contributed by atoms with Crippen LogP contribution >= 0.6 is 0 Å². The average molecular weight is 204 g/mol. The number of nitrogens with two attached hydrogens (primary N) is 1. The second-order valence-corrected chi connectivity index (χ2v) is 3.58. The molecule has 0 bridgehead atoms. The predicted octanol–water partition coefficient (Wildman–Crippen LogP) is 2.04. The maximum Gasteiger partial charge on any atom is 0.121 e. The van der Waals surface area contributed by atoms with Crippen molar-refractivity contribution in [1.29, 1.82) is 0 Å². The topological polar surface area (TPSA) is 40.2 Å². The Bertz CT molecular complexity index is 474. The van der Waals surface area contributed by atoms with Gasteiger partial charge >= 0.3 is 0 Å². The van der Waals surface area contributed by atoms with E-state index in [9.17, 15) is 0 Å². The van der Waals surface area contributed by atoms with Crippen LogP contribution in [0.4, 0.5) is 0 Å². The van der Waals surface area contributed by atoms with E-state index in [1.54, 1.807) is 0 Å². The molecule has 0 atom stereocenters. The van der Waals surface area contributed by atoms with Crippen LogP contribution in [0.2, 0.25) is 0 Å². The van der Waals surface area contributed by atoms with Gasteiger partial charge in [-0.05, 0) is 24.6 Å². The monoisotopic (exact) mass is 204 g/mol. The summed E-state index contributed by atoms with van der Waals surface area (Å²) in [6.45, 7) is 3.26. The molecule has 0 spiro atoms. The van der Waals surface area contributed by atoms with Gasteiger partial charge in [-0.25, -0.2) is 0 Å². The van der Waals surface area contributed by atoms with Gasteiger partial charge in [-0.3, -0.25) is 0 Å². The molecule has 0 saturated heterocycles. The van der Waals surface area contributed by atoms with Crippen molar-refractivity contribution in [3.63, 3.8) is 0 Å². The number of fused-ring (bicyclic) bond motifs is 1. The SMILES string of the molecule is CCOc1ccc2c(CN)cn(C)c2c1. The summed E-state index contributed by atoms with van der Waals surface area (Å²) >= 11 is 0. The zero-order valence-electron chi connectivity index (χ0n) is 9.16. The lowest BCUT2D eigenvalue weighted by Gasteiger charge is -2.03. The van der Waals surface area contributed by atoms with Crippen molar-refractivity contribution in [2.75, 3.05) is 6.61 Å². The molecule has 0 radical (unpaired) electrons. The van der Waals surface area contributed by atoms with Crippen LogP contribution in [0.5, 0.6) is 5.75 Å². The van der Waals surface area contributed by atoms with Crippen molar-refractivity contribution in [3.8, 4) is 5.75 Å². The molecular formula is C12H16N2O. The van der Waals surface area contributed by atoms with E-state index in [1.165, 1.54) is 16.5 Å². The van der Waals surface area contributed by atoms with E-state index >= 15 is 0 Å². The molecule has 3 nitrogen and oxygen atoms in total. The predicted molar refractivity (Wildman–Crippen MR) is 62.0 cm³/mol. The van der Waals surface area contributed by atoms with E-state index in [1.807, 2.05) is 20.0 Å². The molecule has 0 fully saturated rings. The van der Waals surface area contributed by atoms with Gasteiger partial charge in [-0.1, -0.05) is 0 Å². The number of benzene rings is 1. The van der Waals surface area contributed by atoms with Crippen LogP contribution < -0.4 is 10.5 Å². The Balaban J connectivity index is 2.56. The molecule has 2 rings (SSSR count). The summed E-state index contributed by atoms with van der Waals surface area (Å²) in [6.07, 6.45) is 2.07. The molecule has 3 heteroatoms. The van der Waals surface area contributed by atoms with Gasteiger partial charge in [-0.15, -0.1) is 0 Å². The number of hydrogen-bond acceptors (Lipinski definition) is 2. The number of rotatable bonds is 3. The lowest BCUT2D eigenvalue weighted by Crippen LogP contribution is -1.94. The molecule has 0 unspecified atom stereocenters. The highest BCUT2D eigenvalue weighted by atomic mass is 16.5. The Hall–Kier alpha value is -1.48. The Morgan fingerprint density at radius 2 is 2.20 bits per heavy atom. The summed E-state index contributed by atoms with van der Waals surface area (Å²) in [6, 6.07) is 6.12. The largest absolute Gasteiger partial charge is 0.494 e. The molecule has 0 aliphatic heterocycles. The van der Waals surface area contributed by atoms with Crippen LogP contribution in [0.1, 0.15) is 12.5 Å². The number of aromatic nitrogens is 1. The van der Waals surface area contributed by atoms with E-state index in [-0.39, 0.29) is 0 Å². The summed E-state index contributed by atoms with van der Waals surface area (Å²) in [5.41, 5.74) is 8.03. The van der Waals surface area contributed by atoms with Gasteiger partial charge < -0.3 is 15.0 Å². The van der Waals surface area contributed by atoms with Gasteiger partial charge in [0.2, 0.25) is 0 Å². The van der Waals surface area contributed by atoms with E-state index in [4.69, 9.17) is 10.5 Å². The number of aryl methyl sites for hydroxylation is 1. The maximum absolute atomic E-state index is 5.68. The van der Waals surface area contributed by atoms with Gasteiger partial charge in [-0.2, -0.15) is 0 Å². The molecule has 2 N–H and O–H groups in total. The number of nitrogens with zero attached hydrogens (tertiary/aromatic N) is 1. The van der Waals surface area contributed by atoms with Crippen molar-refractivity contribution in [1.82, 2.24) is 4.57 Å². The summed E-state index contributed by atoms with van der Waals surface area (Å²) in [7, 11) is 2.03. The van der Waals surface area contributed by atoms with Crippen molar-refractivity contribution < 1.29 is 4.74 Å². The van der Waals surface area contributed by atoms with E-state index in [2.05, 4.69) is 22.9 Å². The van der Waals surface area contributed by atoms with Crippen molar-refractivity contribution in [2.24, 2.45) is 12.8 Å². The molecule has 0 amide bonds. The van der Waals surface area contributed by atoms with Crippen LogP contribution in [0.3, 0.4) is 0 Å². The number of ether oxygens (including phenoxy) is 1. The Labute approximate surface area is 89.4 Å². The quantitative estimate of drug-likeness (QED) is 0.831. The van der Waals surface area contributed by atoms with Gasteiger partial charge in [0.15, 0.2) is 0 Å². The first-order chi connectivity index (χ1) is 7.26. The molecule has 1 heterocycles. The fourth-order valence-electron chi connectivity index (χ4n) is 1.87. The summed E-state index contributed by atoms with van der Waals surface area (Å²) in [5, 5.41) is 1.21.